The van der Waals surface area contributed by atoms with E-state index in [4.69, 9.17) is 4.74 Å². The van der Waals surface area contributed by atoms with E-state index in [0.29, 0.717) is 32.0 Å². The van der Waals surface area contributed by atoms with Gasteiger partial charge in [-0.3, -0.25) is 14.8 Å². The molecule has 2 unspecified atom stereocenters. The van der Waals surface area contributed by atoms with Crippen molar-refractivity contribution in [2.75, 3.05) is 26.2 Å². The van der Waals surface area contributed by atoms with Crippen LogP contribution in [-0.4, -0.2) is 70.7 Å². The monoisotopic (exact) mass is 432 g/mol. The Morgan fingerprint density at radius 3 is 2.93 bits per heavy atom. The fraction of sp³-hybridized carbons (Fsp3) is 0.450. The van der Waals surface area contributed by atoms with Crippen LogP contribution in [-0.2, 0) is 26.1 Å². The fourth-order valence-electron chi connectivity index (χ4n) is 4.09. The summed E-state index contributed by atoms with van der Waals surface area (Å²) < 4.78 is 34.7. The van der Waals surface area contributed by atoms with Gasteiger partial charge in [-0.2, -0.15) is 0 Å². The minimum Gasteiger partial charge on any atom is -0.480 e. The number of hydrogen-bond donors (Lipinski definition) is 1. The van der Waals surface area contributed by atoms with Crippen LogP contribution in [0.3, 0.4) is 0 Å². The minimum absolute atomic E-state index is 0.00484. The van der Waals surface area contributed by atoms with E-state index >= 15 is 0 Å². The Morgan fingerprint density at radius 2 is 2.23 bits per heavy atom. The van der Waals surface area contributed by atoms with Gasteiger partial charge in [0.15, 0.2) is 0 Å². The molecule has 0 radical (unpaired) electrons. The van der Waals surface area contributed by atoms with Crippen molar-refractivity contribution in [2.24, 2.45) is 4.99 Å². The number of hydrogen-bond acceptors (Lipinski definition) is 6. The zero-order chi connectivity index (χ0) is 21.3. The summed E-state index contributed by atoms with van der Waals surface area (Å²) in [6.45, 7) is 3.12. The second kappa shape index (κ2) is 8.19. The Labute approximate surface area is 174 Å². The molecule has 2 atom stereocenters. The molecule has 4 rings (SSSR count). The SMILES string of the molecule is CCOC1=NCC(S(=O)(=O)N2CCC(c3cn(CC(=O)O)c4cnccc34)C2)C=C1. The second-order valence-corrected chi connectivity index (χ2v) is 9.55. The van der Waals surface area contributed by atoms with Crippen molar-refractivity contribution >= 4 is 32.8 Å². The number of fused-ring (bicyclic) bond motifs is 1. The molecule has 0 bridgehead atoms. The number of ether oxygens (including phenoxy) is 1. The molecule has 30 heavy (non-hydrogen) atoms. The molecule has 2 aliphatic rings. The summed E-state index contributed by atoms with van der Waals surface area (Å²) >= 11 is 0. The lowest BCUT2D eigenvalue weighted by molar-refractivity contribution is -0.137. The molecule has 4 heterocycles. The number of sulfonamides is 1. The van der Waals surface area contributed by atoms with Gasteiger partial charge >= 0.3 is 5.97 Å². The number of aliphatic carboxylic acids is 1. The summed E-state index contributed by atoms with van der Waals surface area (Å²) in [5.41, 5.74) is 1.70. The van der Waals surface area contributed by atoms with Crippen molar-refractivity contribution in [3.05, 3.63) is 42.4 Å². The van der Waals surface area contributed by atoms with Gasteiger partial charge in [0, 0.05) is 36.8 Å². The van der Waals surface area contributed by atoms with Gasteiger partial charge in [-0.1, -0.05) is 6.08 Å². The fourth-order valence-corrected chi connectivity index (χ4v) is 5.76. The number of aliphatic imine (C=N–C) groups is 1. The second-order valence-electron chi connectivity index (χ2n) is 7.40. The first-order valence-corrected chi connectivity index (χ1v) is 11.4. The van der Waals surface area contributed by atoms with Gasteiger partial charge in [-0.05, 0) is 31.1 Å². The summed E-state index contributed by atoms with van der Waals surface area (Å²) in [6, 6.07) is 1.86. The molecule has 2 aliphatic heterocycles. The van der Waals surface area contributed by atoms with Crippen LogP contribution in [0, 0.1) is 0 Å². The molecule has 10 heteroatoms. The largest absolute Gasteiger partial charge is 0.480 e. The number of carboxylic acids is 1. The number of nitrogens with zero attached hydrogens (tertiary/aromatic N) is 4. The number of aromatic nitrogens is 2. The van der Waals surface area contributed by atoms with E-state index in [9.17, 15) is 18.3 Å². The zero-order valence-electron chi connectivity index (χ0n) is 16.6. The van der Waals surface area contributed by atoms with Crippen molar-refractivity contribution in [2.45, 2.75) is 31.1 Å². The standard InChI is InChI=1S/C20H24N4O5S/c1-2-29-19-4-3-15(9-22-19)30(27,28)24-8-6-14(11-24)17-12-23(13-20(25)26)18-10-21-7-5-16(17)18/h3-5,7,10,12,14-15H,2,6,8-9,11,13H2,1H3,(H,25,26). The van der Waals surface area contributed by atoms with E-state index in [0.717, 1.165) is 16.5 Å². The summed E-state index contributed by atoms with van der Waals surface area (Å²) in [4.78, 5) is 19.5. The predicted octanol–water partition coefficient (Wildman–Crippen LogP) is 1.61. The van der Waals surface area contributed by atoms with Gasteiger partial charge < -0.3 is 14.4 Å². The van der Waals surface area contributed by atoms with Crippen molar-refractivity contribution in [3.8, 4) is 0 Å². The Morgan fingerprint density at radius 1 is 1.40 bits per heavy atom. The van der Waals surface area contributed by atoms with Crippen LogP contribution in [0.4, 0.5) is 0 Å². The number of carbonyl (C=O) groups is 1. The van der Waals surface area contributed by atoms with E-state index in [1.165, 1.54) is 4.31 Å². The quantitative estimate of drug-likeness (QED) is 0.742. The number of carboxylic acid groups (broad SMARTS) is 1. The van der Waals surface area contributed by atoms with E-state index in [-0.39, 0.29) is 19.0 Å². The maximum absolute atomic E-state index is 13.1. The molecular formula is C20H24N4O5S. The van der Waals surface area contributed by atoms with Crippen LogP contribution in [0.2, 0.25) is 0 Å². The molecule has 0 spiro atoms. The Bertz CT molecular complexity index is 1120. The lowest BCUT2D eigenvalue weighted by Gasteiger charge is -2.23. The highest BCUT2D eigenvalue weighted by molar-refractivity contribution is 7.90. The lowest BCUT2D eigenvalue weighted by Crippen LogP contribution is -2.39. The van der Waals surface area contributed by atoms with Gasteiger partial charge in [0.25, 0.3) is 0 Å². The van der Waals surface area contributed by atoms with Crippen molar-refractivity contribution < 1.29 is 23.1 Å². The highest BCUT2D eigenvalue weighted by Crippen LogP contribution is 2.35. The van der Waals surface area contributed by atoms with E-state index in [2.05, 4.69) is 9.98 Å². The Balaban J connectivity index is 1.54. The summed E-state index contributed by atoms with van der Waals surface area (Å²) in [7, 11) is -3.54. The van der Waals surface area contributed by atoms with E-state index < -0.39 is 21.2 Å². The molecule has 0 aromatic carbocycles. The third-order valence-corrected chi connectivity index (χ3v) is 7.65. The third-order valence-electron chi connectivity index (χ3n) is 5.53. The maximum atomic E-state index is 13.1. The Kier molecular flexibility index (Phi) is 5.61. The molecule has 2 aromatic heterocycles. The molecule has 1 N–H and O–H groups in total. The maximum Gasteiger partial charge on any atom is 0.323 e. The molecule has 0 aliphatic carbocycles. The Hall–Kier alpha value is -2.72. The van der Waals surface area contributed by atoms with Crippen molar-refractivity contribution in [1.29, 1.82) is 0 Å². The predicted molar refractivity (Wildman–Crippen MR) is 112 cm³/mol. The molecule has 1 fully saturated rings. The average Bonchev–Trinajstić information content (AvgIpc) is 3.34. The zero-order valence-corrected chi connectivity index (χ0v) is 17.5. The average molecular weight is 433 g/mol. The van der Waals surface area contributed by atoms with Crippen molar-refractivity contribution in [1.82, 2.24) is 13.9 Å². The number of pyridine rings is 1. The van der Waals surface area contributed by atoms with Gasteiger partial charge in [0.05, 0.1) is 24.9 Å². The molecule has 1 saturated heterocycles. The van der Waals surface area contributed by atoms with Crippen molar-refractivity contribution in [3.63, 3.8) is 0 Å². The molecule has 9 nitrogen and oxygen atoms in total. The summed E-state index contributed by atoms with van der Waals surface area (Å²) in [5.74, 6) is -0.480. The van der Waals surface area contributed by atoms with E-state index in [1.807, 2.05) is 19.2 Å². The normalized spacial score (nSPS) is 22.4. The first-order valence-electron chi connectivity index (χ1n) is 9.89. The van der Waals surface area contributed by atoms with Gasteiger partial charge in [-0.15, -0.1) is 0 Å². The highest BCUT2D eigenvalue weighted by atomic mass is 32.2. The van der Waals surface area contributed by atoms with Gasteiger partial charge in [0.1, 0.15) is 11.8 Å². The molecule has 160 valence electrons. The van der Waals surface area contributed by atoms with Crippen LogP contribution < -0.4 is 0 Å². The van der Waals surface area contributed by atoms with E-state index in [1.54, 1.807) is 29.1 Å². The summed E-state index contributed by atoms with van der Waals surface area (Å²) in [5, 5.41) is 9.41. The molecular weight excluding hydrogens is 408 g/mol. The first-order chi connectivity index (χ1) is 14.4. The van der Waals surface area contributed by atoms with Gasteiger partial charge in [0.2, 0.25) is 15.9 Å². The first kappa shape index (κ1) is 20.5. The molecule has 0 amide bonds. The third kappa shape index (κ3) is 3.84. The number of rotatable bonds is 6. The van der Waals surface area contributed by atoms with Crippen LogP contribution in [0.15, 0.2) is 41.8 Å². The smallest absolute Gasteiger partial charge is 0.323 e. The molecule has 2 aromatic rings. The van der Waals surface area contributed by atoms with Crippen LogP contribution in [0.25, 0.3) is 10.9 Å². The number of dihydropyridines is 1. The van der Waals surface area contributed by atoms with Gasteiger partial charge in [-0.25, -0.2) is 12.7 Å². The van der Waals surface area contributed by atoms with Crippen LogP contribution >= 0.6 is 0 Å². The van der Waals surface area contributed by atoms with Crippen LogP contribution in [0.5, 0.6) is 0 Å². The lowest BCUT2D eigenvalue weighted by atomic mass is 9.98. The highest BCUT2D eigenvalue weighted by Gasteiger charge is 2.38. The topological polar surface area (TPSA) is 114 Å². The van der Waals surface area contributed by atoms with Crippen LogP contribution in [0.1, 0.15) is 24.8 Å². The minimum atomic E-state index is -3.54. The molecule has 0 saturated carbocycles. The summed E-state index contributed by atoms with van der Waals surface area (Å²) in [6.07, 6.45) is 9.08.